The van der Waals surface area contributed by atoms with Crippen molar-refractivity contribution >= 4 is 11.3 Å². The Morgan fingerprint density at radius 3 is 2.65 bits per heavy atom. The molecule has 0 aliphatic carbocycles. The summed E-state index contributed by atoms with van der Waals surface area (Å²) in [5.41, 5.74) is 2.50. The molecule has 2 aromatic heterocycles. The molecular weight excluding hydrogens is 342 g/mol. The zero-order chi connectivity index (χ0) is 17.9. The summed E-state index contributed by atoms with van der Waals surface area (Å²) >= 11 is 1.81. The highest BCUT2D eigenvalue weighted by Crippen LogP contribution is 2.35. The number of pyridine rings is 1. The third-order valence-electron chi connectivity index (χ3n) is 6.04. The van der Waals surface area contributed by atoms with Crippen LogP contribution in [0, 0.1) is 6.92 Å². The Morgan fingerprint density at radius 1 is 1.15 bits per heavy atom. The molecule has 0 unspecified atom stereocenters. The SMILES string of the molecule is Cc1ccsc1[C@@H]1CCN(C2CCN(Cc3ccccn3)CC2)C[C@H]1O. The van der Waals surface area contributed by atoms with E-state index in [9.17, 15) is 5.11 Å². The molecule has 0 saturated carbocycles. The van der Waals surface area contributed by atoms with E-state index >= 15 is 0 Å². The van der Waals surface area contributed by atoms with Gasteiger partial charge < -0.3 is 5.11 Å². The second-order valence-electron chi connectivity index (χ2n) is 7.75. The third kappa shape index (κ3) is 4.01. The van der Waals surface area contributed by atoms with Crippen molar-refractivity contribution < 1.29 is 5.11 Å². The fourth-order valence-corrected chi connectivity index (χ4v) is 5.64. The molecule has 2 aliphatic heterocycles. The molecule has 0 amide bonds. The molecule has 5 heteroatoms. The quantitative estimate of drug-likeness (QED) is 0.895. The van der Waals surface area contributed by atoms with Crippen LogP contribution in [0.5, 0.6) is 0 Å². The molecule has 1 N–H and O–H groups in total. The van der Waals surface area contributed by atoms with Crippen LogP contribution >= 0.6 is 11.3 Å². The first-order valence-corrected chi connectivity index (χ1v) is 10.7. The van der Waals surface area contributed by atoms with Gasteiger partial charge in [0.2, 0.25) is 0 Å². The van der Waals surface area contributed by atoms with Crippen LogP contribution in [0.3, 0.4) is 0 Å². The molecule has 2 fully saturated rings. The fraction of sp³-hybridized carbons (Fsp3) is 0.571. The van der Waals surface area contributed by atoms with E-state index < -0.39 is 0 Å². The molecule has 2 aliphatic rings. The van der Waals surface area contributed by atoms with Crippen LogP contribution in [0.2, 0.25) is 0 Å². The maximum atomic E-state index is 10.8. The van der Waals surface area contributed by atoms with E-state index in [4.69, 9.17) is 0 Å². The van der Waals surface area contributed by atoms with Crippen LogP contribution < -0.4 is 0 Å². The lowest BCUT2D eigenvalue weighted by atomic mass is 9.89. The summed E-state index contributed by atoms with van der Waals surface area (Å²) in [4.78, 5) is 10.9. The van der Waals surface area contributed by atoms with Gasteiger partial charge in [-0.3, -0.25) is 14.8 Å². The first-order valence-electron chi connectivity index (χ1n) is 9.79. The number of thiophene rings is 1. The maximum absolute atomic E-state index is 10.8. The lowest BCUT2D eigenvalue weighted by Crippen LogP contribution is -2.51. The minimum absolute atomic E-state index is 0.229. The molecule has 26 heavy (non-hydrogen) atoms. The minimum atomic E-state index is -0.229. The Bertz CT molecular complexity index is 696. The van der Waals surface area contributed by atoms with Crippen molar-refractivity contribution in [1.29, 1.82) is 0 Å². The number of hydrogen-bond acceptors (Lipinski definition) is 5. The molecule has 0 aromatic carbocycles. The molecule has 4 rings (SSSR count). The summed E-state index contributed by atoms with van der Waals surface area (Å²) in [7, 11) is 0. The van der Waals surface area contributed by atoms with Crippen LogP contribution in [0.4, 0.5) is 0 Å². The van der Waals surface area contributed by atoms with Crippen molar-refractivity contribution in [3.63, 3.8) is 0 Å². The number of aryl methyl sites for hydroxylation is 1. The van der Waals surface area contributed by atoms with Gasteiger partial charge in [-0.1, -0.05) is 6.07 Å². The van der Waals surface area contributed by atoms with Crippen molar-refractivity contribution in [2.75, 3.05) is 26.2 Å². The Kier molecular flexibility index (Phi) is 5.69. The first-order chi connectivity index (χ1) is 12.7. The lowest BCUT2D eigenvalue weighted by Gasteiger charge is -2.43. The van der Waals surface area contributed by atoms with Crippen LogP contribution in [0.1, 0.15) is 41.3 Å². The minimum Gasteiger partial charge on any atom is -0.391 e. The largest absolute Gasteiger partial charge is 0.391 e. The molecule has 0 spiro atoms. The first kappa shape index (κ1) is 18.1. The van der Waals surface area contributed by atoms with E-state index in [0.29, 0.717) is 12.0 Å². The van der Waals surface area contributed by atoms with Crippen molar-refractivity contribution in [2.45, 2.75) is 50.8 Å². The Morgan fingerprint density at radius 2 is 2.00 bits per heavy atom. The number of aliphatic hydroxyl groups excluding tert-OH is 1. The van der Waals surface area contributed by atoms with Gasteiger partial charge in [-0.05, 0) is 61.9 Å². The molecule has 2 aromatic rings. The number of rotatable bonds is 4. The number of aliphatic hydroxyl groups is 1. The van der Waals surface area contributed by atoms with Crippen molar-refractivity contribution in [1.82, 2.24) is 14.8 Å². The van der Waals surface area contributed by atoms with E-state index in [-0.39, 0.29) is 6.10 Å². The predicted octanol–water partition coefficient (Wildman–Crippen LogP) is 3.27. The molecule has 0 bridgehead atoms. The van der Waals surface area contributed by atoms with Gasteiger partial charge in [-0.15, -0.1) is 11.3 Å². The van der Waals surface area contributed by atoms with Gasteiger partial charge in [0.1, 0.15) is 0 Å². The van der Waals surface area contributed by atoms with E-state index in [1.807, 2.05) is 12.3 Å². The summed E-state index contributed by atoms with van der Waals surface area (Å²) in [6.07, 6.45) is 5.12. The highest BCUT2D eigenvalue weighted by molar-refractivity contribution is 7.10. The van der Waals surface area contributed by atoms with Gasteiger partial charge >= 0.3 is 0 Å². The number of piperidine rings is 2. The van der Waals surface area contributed by atoms with Gasteiger partial charge in [0, 0.05) is 49.2 Å². The number of β-amino-alcohol motifs (C(OH)–C–C–N with tert-alkyl or cyclic N) is 1. The zero-order valence-electron chi connectivity index (χ0n) is 15.6. The Labute approximate surface area is 160 Å². The van der Waals surface area contributed by atoms with Gasteiger partial charge in [-0.25, -0.2) is 0 Å². The van der Waals surface area contributed by atoms with Crippen LogP contribution in [0.25, 0.3) is 0 Å². The standard InChI is InChI=1S/C21H29N3OS/c1-16-8-13-26-21(16)19-7-12-24(15-20(19)25)18-5-10-23(11-6-18)14-17-4-2-3-9-22-17/h2-4,8-9,13,18-20,25H,5-7,10-12,14-15H2,1H3/t19-,20-/m1/s1. The summed E-state index contributed by atoms with van der Waals surface area (Å²) < 4.78 is 0. The molecule has 4 heterocycles. The zero-order valence-corrected chi connectivity index (χ0v) is 16.4. The second-order valence-corrected chi connectivity index (χ2v) is 8.70. The fourth-order valence-electron chi connectivity index (χ4n) is 4.52. The molecule has 2 atom stereocenters. The number of hydrogen-bond donors (Lipinski definition) is 1. The van der Waals surface area contributed by atoms with Gasteiger partial charge in [0.15, 0.2) is 0 Å². The van der Waals surface area contributed by atoms with Gasteiger partial charge in [-0.2, -0.15) is 0 Å². The summed E-state index contributed by atoms with van der Waals surface area (Å²) in [5.74, 6) is 0.329. The summed E-state index contributed by atoms with van der Waals surface area (Å²) in [6, 6.07) is 8.95. The predicted molar refractivity (Wildman–Crippen MR) is 107 cm³/mol. The molecule has 4 nitrogen and oxygen atoms in total. The molecular formula is C21H29N3OS. The number of nitrogens with zero attached hydrogens (tertiary/aromatic N) is 3. The smallest absolute Gasteiger partial charge is 0.0744 e. The van der Waals surface area contributed by atoms with Gasteiger partial charge in [0.25, 0.3) is 0 Å². The van der Waals surface area contributed by atoms with E-state index in [1.54, 1.807) is 11.3 Å². The number of likely N-dealkylation sites (tertiary alicyclic amines) is 2. The molecule has 2 saturated heterocycles. The van der Waals surface area contributed by atoms with Crippen LogP contribution in [-0.4, -0.2) is 58.2 Å². The monoisotopic (exact) mass is 371 g/mol. The van der Waals surface area contributed by atoms with Crippen molar-refractivity contribution in [2.24, 2.45) is 0 Å². The highest BCUT2D eigenvalue weighted by atomic mass is 32.1. The second kappa shape index (κ2) is 8.17. The van der Waals surface area contributed by atoms with Gasteiger partial charge in [0.05, 0.1) is 11.8 Å². The average molecular weight is 372 g/mol. The van der Waals surface area contributed by atoms with Crippen LogP contribution in [-0.2, 0) is 6.54 Å². The third-order valence-corrected chi connectivity index (χ3v) is 7.19. The molecule has 0 radical (unpaired) electrons. The van der Waals surface area contributed by atoms with Crippen molar-refractivity contribution in [3.05, 3.63) is 52.0 Å². The normalized spacial score (nSPS) is 26.2. The molecule has 140 valence electrons. The summed E-state index contributed by atoms with van der Waals surface area (Å²) in [6.45, 7) is 7.32. The number of aromatic nitrogens is 1. The van der Waals surface area contributed by atoms with E-state index in [1.165, 1.54) is 23.3 Å². The summed E-state index contributed by atoms with van der Waals surface area (Å²) in [5, 5.41) is 12.9. The van der Waals surface area contributed by atoms with E-state index in [0.717, 1.165) is 44.8 Å². The highest BCUT2D eigenvalue weighted by Gasteiger charge is 2.34. The van der Waals surface area contributed by atoms with E-state index in [2.05, 4.69) is 45.3 Å². The Balaban J connectivity index is 1.28. The van der Waals surface area contributed by atoms with Crippen LogP contribution in [0.15, 0.2) is 35.8 Å². The lowest BCUT2D eigenvalue weighted by molar-refractivity contribution is 0.0117. The Hall–Kier alpha value is -1.27. The topological polar surface area (TPSA) is 39.6 Å². The maximum Gasteiger partial charge on any atom is 0.0744 e. The average Bonchev–Trinajstić information content (AvgIpc) is 3.09. The van der Waals surface area contributed by atoms with Crippen molar-refractivity contribution in [3.8, 4) is 0 Å².